The number of rotatable bonds is 2. The molecule has 98 valence electrons. The lowest BCUT2D eigenvalue weighted by molar-refractivity contribution is 0.214. The summed E-state index contributed by atoms with van der Waals surface area (Å²) in [7, 11) is 0. The molecule has 2 aromatic carbocycles. The summed E-state index contributed by atoms with van der Waals surface area (Å²) >= 11 is 12.1. The first-order chi connectivity index (χ1) is 9.18. The van der Waals surface area contributed by atoms with Crippen LogP contribution in [0.15, 0.2) is 36.4 Å². The Kier molecular flexibility index (Phi) is 3.40. The standard InChI is InChI=1S/C15H12Cl2O2/c16-12-6-2-4-10(13(12)17)14(18)11-5-1-3-9-7-8-19-15(9)11/h1-6,14,18H,7-8H2. The number of fused-ring (bicyclic) bond motifs is 1. The molecule has 4 heteroatoms. The fourth-order valence-corrected chi connectivity index (χ4v) is 2.77. The van der Waals surface area contributed by atoms with Crippen LogP contribution in [0.1, 0.15) is 22.8 Å². The highest BCUT2D eigenvalue weighted by Crippen LogP contribution is 2.39. The number of para-hydroxylation sites is 1. The van der Waals surface area contributed by atoms with Crippen LogP contribution in [0.25, 0.3) is 0 Å². The monoisotopic (exact) mass is 294 g/mol. The van der Waals surface area contributed by atoms with E-state index in [0.717, 1.165) is 23.3 Å². The second kappa shape index (κ2) is 5.04. The van der Waals surface area contributed by atoms with Gasteiger partial charge in [0.2, 0.25) is 0 Å². The first-order valence-corrected chi connectivity index (χ1v) is 6.80. The molecule has 1 aliphatic heterocycles. The molecule has 0 bridgehead atoms. The average molecular weight is 295 g/mol. The van der Waals surface area contributed by atoms with E-state index in [-0.39, 0.29) is 0 Å². The predicted molar refractivity (Wildman–Crippen MR) is 76.2 cm³/mol. The van der Waals surface area contributed by atoms with Gasteiger partial charge < -0.3 is 9.84 Å². The zero-order valence-electron chi connectivity index (χ0n) is 10.1. The summed E-state index contributed by atoms with van der Waals surface area (Å²) in [6, 6.07) is 11.0. The molecule has 0 radical (unpaired) electrons. The quantitative estimate of drug-likeness (QED) is 0.907. The van der Waals surface area contributed by atoms with Gasteiger partial charge in [-0.2, -0.15) is 0 Å². The van der Waals surface area contributed by atoms with Crippen molar-refractivity contribution in [3.05, 3.63) is 63.1 Å². The molecule has 0 aromatic heterocycles. The second-order valence-electron chi connectivity index (χ2n) is 4.48. The van der Waals surface area contributed by atoms with E-state index in [2.05, 4.69) is 0 Å². The summed E-state index contributed by atoms with van der Waals surface area (Å²) in [4.78, 5) is 0. The van der Waals surface area contributed by atoms with Crippen LogP contribution >= 0.6 is 23.2 Å². The van der Waals surface area contributed by atoms with Gasteiger partial charge in [-0.15, -0.1) is 0 Å². The molecule has 0 amide bonds. The first kappa shape index (κ1) is 12.8. The molecule has 1 atom stereocenters. The van der Waals surface area contributed by atoms with Crippen molar-refractivity contribution in [3.63, 3.8) is 0 Å². The summed E-state index contributed by atoms with van der Waals surface area (Å²) in [6.07, 6.45) is 0.0402. The molecular weight excluding hydrogens is 283 g/mol. The van der Waals surface area contributed by atoms with Crippen LogP contribution in [-0.2, 0) is 6.42 Å². The minimum Gasteiger partial charge on any atom is -0.493 e. The maximum Gasteiger partial charge on any atom is 0.128 e. The van der Waals surface area contributed by atoms with Crippen LogP contribution in [0.2, 0.25) is 10.0 Å². The van der Waals surface area contributed by atoms with Crippen LogP contribution in [0, 0.1) is 0 Å². The summed E-state index contributed by atoms with van der Waals surface area (Å²) in [5, 5.41) is 11.4. The summed E-state index contributed by atoms with van der Waals surface area (Å²) in [5.74, 6) is 0.769. The third-order valence-corrected chi connectivity index (χ3v) is 4.15. The zero-order chi connectivity index (χ0) is 13.4. The largest absolute Gasteiger partial charge is 0.493 e. The van der Waals surface area contributed by atoms with Crippen molar-refractivity contribution >= 4 is 23.2 Å². The van der Waals surface area contributed by atoms with Crippen molar-refractivity contribution in [2.45, 2.75) is 12.5 Å². The van der Waals surface area contributed by atoms with E-state index in [1.807, 2.05) is 18.2 Å². The van der Waals surface area contributed by atoms with Gasteiger partial charge in [0.1, 0.15) is 11.9 Å². The van der Waals surface area contributed by atoms with Gasteiger partial charge in [-0.1, -0.05) is 53.5 Å². The highest BCUT2D eigenvalue weighted by molar-refractivity contribution is 6.42. The second-order valence-corrected chi connectivity index (χ2v) is 5.26. The lowest BCUT2D eigenvalue weighted by Gasteiger charge is -2.16. The van der Waals surface area contributed by atoms with Crippen molar-refractivity contribution < 1.29 is 9.84 Å². The molecule has 0 aliphatic carbocycles. The normalized spacial score (nSPS) is 14.9. The van der Waals surface area contributed by atoms with Crippen molar-refractivity contribution in [1.29, 1.82) is 0 Å². The lowest BCUT2D eigenvalue weighted by atomic mass is 9.98. The maximum absolute atomic E-state index is 10.5. The van der Waals surface area contributed by atoms with E-state index in [4.69, 9.17) is 27.9 Å². The van der Waals surface area contributed by atoms with E-state index in [9.17, 15) is 5.11 Å². The number of hydrogen-bond acceptors (Lipinski definition) is 2. The maximum atomic E-state index is 10.5. The molecule has 1 unspecified atom stereocenters. The van der Waals surface area contributed by atoms with E-state index in [1.165, 1.54) is 0 Å². The molecule has 3 rings (SSSR count). The van der Waals surface area contributed by atoms with E-state index < -0.39 is 6.10 Å². The topological polar surface area (TPSA) is 29.5 Å². The number of aliphatic hydroxyl groups excluding tert-OH is 1. The first-order valence-electron chi connectivity index (χ1n) is 6.05. The minimum atomic E-state index is -0.834. The molecule has 2 aromatic rings. The Morgan fingerprint density at radius 1 is 1.05 bits per heavy atom. The van der Waals surface area contributed by atoms with E-state index >= 15 is 0 Å². The Hall–Kier alpha value is -1.22. The van der Waals surface area contributed by atoms with Gasteiger partial charge in [0.15, 0.2) is 0 Å². The number of aliphatic hydroxyl groups is 1. The lowest BCUT2D eigenvalue weighted by Crippen LogP contribution is -2.03. The highest BCUT2D eigenvalue weighted by atomic mass is 35.5. The Balaban J connectivity index is 2.08. The summed E-state index contributed by atoms with van der Waals surface area (Å²) < 4.78 is 5.61. The summed E-state index contributed by atoms with van der Waals surface area (Å²) in [6.45, 7) is 0.655. The Morgan fingerprint density at radius 2 is 1.79 bits per heavy atom. The van der Waals surface area contributed by atoms with Crippen LogP contribution in [0.3, 0.4) is 0 Å². The zero-order valence-corrected chi connectivity index (χ0v) is 11.6. The summed E-state index contributed by atoms with van der Waals surface area (Å²) in [5.41, 5.74) is 2.45. The highest BCUT2D eigenvalue weighted by Gasteiger charge is 2.23. The Bertz CT molecular complexity index is 626. The van der Waals surface area contributed by atoms with Crippen molar-refractivity contribution in [1.82, 2.24) is 0 Å². The average Bonchev–Trinajstić information content (AvgIpc) is 2.89. The molecular formula is C15H12Cl2O2. The number of benzene rings is 2. The molecule has 19 heavy (non-hydrogen) atoms. The van der Waals surface area contributed by atoms with Crippen molar-refractivity contribution in [3.8, 4) is 5.75 Å². The van der Waals surface area contributed by atoms with E-state index in [1.54, 1.807) is 18.2 Å². The SMILES string of the molecule is OC(c1cccc(Cl)c1Cl)c1cccc2c1OCC2. The Labute approximate surface area is 121 Å². The third-order valence-electron chi connectivity index (χ3n) is 3.32. The molecule has 1 heterocycles. The Morgan fingerprint density at radius 3 is 2.63 bits per heavy atom. The van der Waals surface area contributed by atoms with Gasteiger partial charge in [0.05, 0.1) is 16.7 Å². The van der Waals surface area contributed by atoms with Gasteiger partial charge in [-0.05, 0) is 11.6 Å². The molecule has 1 aliphatic rings. The van der Waals surface area contributed by atoms with Gasteiger partial charge in [-0.25, -0.2) is 0 Å². The molecule has 0 fully saturated rings. The van der Waals surface area contributed by atoms with Crippen LogP contribution in [0.4, 0.5) is 0 Å². The molecule has 1 N–H and O–H groups in total. The van der Waals surface area contributed by atoms with Crippen LogP contribution in [0.5, 0.6) is 5.75 Å². The van der Waals surface area contributed by atoms with Gasteiger partial charge in [0, 0.05) is 17.5 Å². The van der Waals surface area contributed by atoms with Gasteiger partial charge in [0.25, 0.3) is 0 Å². The van der Waals surface area contributed by atoms with Crippen LogP contribution in [-0.4, -0.2) is 11.7 Å². The number of hydrogen-bond donors (Lipinski definition) is 1. The molecule has 0 spiro atoms. The minimum absolute atomic E-state index is 0.382. The smallest absolute Gasteiger partial charge is 0.128 e. The van der Waals surface area contributed by atoms with Crippen LogP contribution < -0.4 is 4.74 Å². The fourth-order valence-electron chi connectivity index (χ4n) is 2.36. The fraction of sp³-hybridized carbons (Fsp3) is 0.200. The van der Waals surface area contributed by atoms with Crippen molar-refractivity contribution in [2.24, 2.45) is 0 Å². The molecule has 0 saturated carbocycles. The number of halogens is 2. The van der Waals surface area contributed by atoms with Gasteiger partial charge >= 0.3 is 0 Å². The van der Waals surface area contributed by atoms with E-state index in [0.29, 0.717) is 22.2 Å². The van der Waals surface area contributed by atoms with Gasteiger partial charge in [-0.3, -0.25) is 0 Å². The molecule has 0 saturated heterocycles. The predicted octanol–water partition coefficient (Wildman–Crippen LogP) is 4.01. The van der Waals surface area contributed by atoms with Crippen molar-refractivity contribution in [2.75, 3.05) is 6.61 Å². The number of ether oxygens (including phenoxy) is 1. The molecule has 2 nitrogen and oxygen atoms in total. The third kappa shape index (κ3) is 2.20.